The van der Waals surface area contributed by atoms with Gasteiger partial charge in [-0.05, 0) is 12.1 Å². The van der Waals surface area contributed by atoms with Gasteiger partial charge in [-0.15, -0.1) is 11.6 Å². The van der Waals surface area contributed by atoms with E-state index >= 15 is 0 Å². The van der Waals surface area contributed by atoms with E-state index in [0.717, 1.165) is 0 Å². The van der Waals surface area contributed by atoms with Crippen molar-refractivity contribution in [1.29, 1.82) is 0 Å². The molecule has 0 unspecified atom stereocenters. The Morgan fingerprint density at radius 1 is 1.09 bits per heavy atom. The number of halogens is 3. The van der Waals surface area contributed by atoms with Crippen LogP contribution in [0.4, 0.5) is 0 Å². The quantitative estimate of drug-likeness (QED) is 0.453. The Bertz CT molecular complexity index is 225. The lowest BCUT2D eigenvalue weighted by Gasteiger charge is -1.94. The molecule has 0 saturated carbocycles. The number of hydrogen-bond acceptors (Lipinski definition) is 0. The van der Waals surface area contributed by atoms with Gasteiger partial charge in [-0.1, -0.05) is 34.7 Å². The summed E-state index contributed by atoms with van der Waals surface area (Å²) in [5, 5.41) is 1.03. The summed E-state index contributed by atoms with van der Waals surface area (Å²) >= 11 is 15.8. The molecule has 0 nitrogen and oxygen atoms in total. The SMILES string of the molecule is CCl.[B]c1ccc(Cl)c(Cl)c1. The van der Waals surface area contributed by atoms with Crippen LogP contribution in [0, 0.1) is 0 Å². The third-order valence-corrected chi connectivity index (χ3v) is 1.68. The van der Waals surface area contributed by atoms with E-state index in [9.17, 15) is 0 Å². The average Bonchev–Trinajstić information content (AvgIpc) is 2.02. The van der Waals surface area contributed by atoms with Crippen LogP contribution in [0.3, 0.4) is 0 Å². The topological polar surface area (TPSA) is 0 Å². The maximum Gasteiger partial charge on any atom is 0.113 e. The van der Waals surface area contributed by atoms with E-state index in [4.69, 9.17) is 31.0 Å². The van der Waals surface area contributed by atoms with Crippen molar-refractivity contribution < 1.29 is 0 Å². The normalized spacial score (nSPS) is 8.36. The van der Waals surface area contributed by atoms with E-state index < -0.39 is 0 Å². The van der Waals surface area contributed by atoms with E-state index in [-0.39, 0.29) is 0 Å². The molecule has 0 aliphatic rings. The monoisotopic (exact) mass is 206 g/mol. The highest BCUT2D eigenvalue weighted by atomic mass is 35.5. The predicted molar refractivity (Wildman–Crippen MR) is 53.6 cm³/mol. The smallest absolute Gasteiger partial charge is 0.113 e. The van der Waals surface area contributed by atoms with Gasteiger partial charge in [0.05, 0.1) is 10.0 Å². The van der Waals surface area contributed by atoms with Gasteiger partial charge in [0.2, 0.25) is 0 Å². The zero-order valence-electron chi connectivity index (χ0n) is 5.94. The Morgan fingerprint density at radius 3 is 2.00 bits per heavy atom. The largest absolute Gasteiger partial charge is 0.130 e. The molecule has 4 heteroatoms. The van der Waals surface area contributed by atoms with Crippen LogP contribution in [0.2, 0.25) is 10.0 Å². The van der Waals surface area contributed by atoms with E-state index in [1.54, 1.807) is 18.2 Å². The van der Waals surface area contributed by atoms with Crippen molar-refractivity contribution in [2.75, 3.05) is 6.38 Å². The highest BCUT2D eigenvalue weighted by molar-refractivity contribution is 6.43. The van der Waals surface area contributed by atoms with Gasteiger partial charge >= 0.3 is 0 Å². The zero-order chi connectivity index (χ0) is 8.85. The maximum atomic E-state index is 5.60. The second-order valence-electron chi connectivity index (χ2n) is 1.67. The molecule has 0 heterocycles. The first kappa shape index (κ1) is 11.2. The summed E-state index contributed by atoms with van der Waals surface area (Å²) in [6.07, 6.45) is 1.47. The third-order valence-electron chi connectivity index (χ3n) is 0.944. The molecule has 0 aromatic heterocycles. The molecule has 58 valence electrons. The predicted octanol–water partition coefficient (Wildman–Crippen LogP) is 2.64. The molecular formula is C7H6BCl3. The zero-order valence-corrected chi connectivity index (χ0v) is 8.21. The number of hydrogen-bond donors (Lipinski definition) is 0. The molecule has 0 aliphatic heterocycles. The maximum absolute atomic E-state index is 5.60. The van der Waals surface area contributed by atoms with Gasteiger partial charge in [0, 0.05) is 6.38 Å². The lowest BCUT2D eigenvalue weighted by molar-refractivity contribution is 1.76. The molecule has 1 aromatic rings. The van der Waals surface area contributed by atoms with Gasteiger partial charge in [-0.25, -0.2) is 0 Å². The summed E-state index contributed by atoms with van der Waals surface area (Å²) in [5.74, 6) is 0. The minimum absolute atomic E-state index is 0.497. The molecule has 0 amide bonds. The van der Waals surface area contributed by atoms with Crippen molar-refractivity contribution in [1.82, 2.24) is 0 Å². The van der Waals surface area contributed by atoms with Crippen molar-refractivity contribution in [3.63, 3.8) is 0 Å². The number of rotatable bonds is 0. The highest BCUT2D eigenvalue weighted by Gasteiger charge is 1.93. The van der Waals surface area contributed by atoms with Crippen LogP contribution >= 0.6 is 34.8 Å². The van der Waals surface area contributed by atoms with E-state index in [1.807, 2.05) is 0 Å². The highest BCUT2D eigenvalue weighted by Crippen LogP contribution is 2.18. The number of benzene rings is 1. The van der Waals surface area contributed by atoms with E-state index in [2.05, 4.69) is 11.6 Å². The molecule has 2 radical (unpaired) electrons. The fourth-order valence-electron chi connectivity index (χ4n) is 0.512. The first-order valence-electron chi connectivity index (χ1n) is 2.78. The Balaban J connectivity index is 0.000000461. The molecule has 0 atom stereocenters. The summed E-state index contributed by atoms with van der Waals surface area (Å²) < 4.78 is 0. The van der Waals surface area contributed by atoms with Crippen LogP contribution in [0.15, 0.2) is 18.2 Å². The second kappa shape index (κ2) is 5.76. The second-order valence-corrected chi connectivity index (χ2v) is 2.49. The number of alkyl halides is 1. The molecular weight excluding hydrogens is 201 g/mol. The lowest BCUT2D eigenvalue weighted by atomic mass is 9.97. The minimum atomic E-state index is 0.497. The summed E-state index contributed by atoms with van der Waals surface area (Å²) in [4.78, 5) is 0. The Morgan fingerprint density at radius 2 is 1.64 bits per heavy atom. The fourth-order valence-corrected chi connectivity index (χ4v) is 0.819. The summed E-state index contributed by atoms with van der Waals surface area (Å²) in [7, 11) is 5.38. The molecule has 0 fully saturated rings. The molecule has 0 saturated heterocycles. The van der Waals surface area contributed by atoms with Crippen LogP contribution in [-0.2, 0) is 0 Å². The minimum Gasteiger partial charge on any atom is -0.130 e. The average molecular weight is 207 g/mol. The van der Waals surface area contributed by atoms with Crippen molar-refractivity contribution in [2.24, 2.45) is 0 Å². The van der Waals surface area contributed by atoms with Crippen molar-refractivity contribution >= 4 is 48.1 Å². The molecule has 11 heavy (non-hydrogen) atoms. The van der Waals surface area contributed by atoms with Gasteiger partial charge in [-0.2, -0.15) is 0 Å². The third kappa shape index (κ3) is 3.90. The summed E-state index contributed by atoms with van der Waals surface area (Å²) in [6, 6.07) is 4.98. The molecule has 1 rings (SSSR count). The first-order valence-corrected chi connectivity index (χ1v) is 4.29. The van der Waals surface area contributed by atoms with Crippen LogP contribution in [0.5, 0.6) is 0 Å². The van der Waals surface area contributed by atoms with Gasteiger partial charge < -0.3 is 0 Å². The van der Waals surface area contributed by atoms with Crippen molar-refractivity contribution in [3.05, 3.63) is 28.2 Å². The summed E-state index contributed by atoms with van der Waals surface area (Å²) in [5.41, 5.74) is 0.629. The summed E-state index contributed by atoms with van der Waals surface area (Å²) in [6.45, 7) is 0. The van der Waals surface area contributed by atoms with E-state index in [1.165, 1.54) is 6.38 Å². The molecule has 0 spiro atoms. The van der Waals surface area contributed by atoms with Crippen LogP contribution in [0.25, 0.3) is 0 Å². The van der Waals surface area contributed by atoms with Crippen LogP contribution in [-0.4, -0.2) is 14.2 Å². The molecule has 0 N–H and O–H groups in total. The van der Waals surface area contributed by atoms with Gasteiger partial charge in [0.25, 0.3) is 0 Å². The Hall–Kier alpha value is 0.155. The van der Waals surface area contributed by atoms with Gasteiger partial charge in [0.1, 0.15) is 7.85 Å². The standard InChI is InChI=1S/C6H3BCl2.CH3Cl/c7-4-1-2-5(8)6(9)3-4;1-2/h1-3H;1H3. The Kier molecular flexibility index (Phi) is 5.84. The first-order chi connectivity index (χ1) is 5.20. The lowest BCUT2D eigenvalue weighted by Crippen LogP contribution is -1.99. The van der Waals surface area contributed by atoms with Gasteiger partial charge in [0.15, 0.2) is 0 Å². The fraction of sp³-hybridized carbons (Fsp3) is 0.143. The van der Waals surface area contributed by atoms with Gasteiger partial charge in [-0.3, -0.25) is 0 Å². The van der Waals surface area contributed by atoms with E-state index in [0.29, 0.717) is 15.5 Å². The van der Waals surface area contributed by atoms with Crippen LogP contribution < -0.4 is 5.46 Å². The van der Waals surface area contributed by atoms with Crippen molar-refractivity contribution in [3.8, 4) is 0 Å². The molecule has 0 bridgehead atoms. The Labute approximate surface area is 82.9 Å². The molecule has 0 aliphatic carbocycles. The van der Waals surface area contributed by atoms with Crippen LogP contribution in [0.1, 0.15) is 0 Å². The van der Waals surface area contributed by atoms with Crippen molar-refractivity contribution in [2.45, 2.75) is 0 Å². The molecule has 1 aromatic carbocycles.